The van der Waals surface area contributed by atoms with Gasteiger partial charge in [-0.3, -0.25) is 0 Å². The van der Waals surface area contributed by atoms with Crippen molar-refractivity contribution in [3.8, 4) is 0 Å². The minimum Gasteiger partial charge on any atom is -0.371 e. The first-order valence-electron chi connectivity index (χ1n) is 7.90. The molecule has 1 aromatic carbocycles. The van der Waals surface area contributed by atoms with Crippen LogP contribution in [0.5, 0.6) is 0 Å². The lowest BCUT2D eigenvalue weighted by Gasteiger charge is -2.40. The first-order chi connectivity index (χ1) is 9.60. The molecule has 1 spiro atoms. The third-order valence-electron chi connectivity index (χ3n) is 5.33. The molecule has 0 unspecified atom stereocenters. The molecule has 2 fully saturated rings. The summed E-state index contributed by atoms with van der Waals surface area (Å²) in [5.41, 5.74) is 9.21. The minimum atomic E-state index is 0.0848. The van der Waals surface area contributed by atoms with Crippen LogP contribution in [0.3, 0.4) is 0 Å². The first kappa shape index (κ1) is 14.4. The van der Waals surface area contributed by atoms with Crippen molar-refractivity contribution in [3.05, 3.63) is 28.2 Å². The van der Waals surface area contributed by atoms with Gasteiger partial charge >= 0.3 is 0 Å². The van der Waals surface area contributed by atoms with Crippen molar-refractivity contribution >= 4 is 21.6 Å². The summed E-state index contributed by atoms with van der Waals surface area (Å²) >= 11 is 3.67. The molecule has 2 N–H and O–H groups in total. The second-order valence-corrected chi connectivity index (χ2v) is 7.54. The maximum absolute atomic E-state index is 5.98. The molecule has 1 atom stereocenters. The summed E-state index contributed by atoms with van der Waals surface area (Å²) in [6, 6.07) is 6.73. The molecule has 3 heteroatoms. The van der Waals surface area contributed by atoms with E-state index < -0.39 is 0 Å². The van der Waals surface area contributed by atoms with Crippen LogP contribution in [0.2, 0.25) is 0 Å². The van der Waals surface area contributed by atoms with Crippen LogP contribution in [0.15, 0.2) is 22.7 Å². The van der Waals surface area contributed by atoms with Crippen molar-refractivity contribution in [2.75, 3.05) is 18.0 Å². The summed E-state index contributed by atoms with van der Waals surface area (Å²) in [7, 11) is 0. The third-order valence-corrected chi connectivity index (χ3v) is 6.01. The predicted molar refractivity (Wildman–Crippen MR) is 89.1 cm³/mol. The number of nitrogens with zero attached hydrogens (tertiary/aromatic N) is 1. The van der Waals surface area contributed by atoms with E-state index in [0.29, 0.717) is 5.41 Å². The molecule has 1 saturated carbocycles. The highest BCUT2D eigenvalue weighted by Gasteiger charge is 2.36. The van der Waals surface area contributed by atoms with E-state index in [2.05, 4.69) is 39.0 Å². The highest BCUT2D eigenvalue weighted by Crippen LogP contribution is 2.46. The number of halogens is 1. The van der Waals surface area contributed by atoms with E-state index in [1.54, 1.807) is 0 Å². The molecule has 0 aromatic heterocycles. The van der Waals surface area contributed by atoms with Crippen molar-refractivity contribution < 1.29 is 0 Å². The first-order valence-corrected chi connectivity index (χ1v) is 8.69. The maximum atomic E-state index is 5.98. The third kappa shape index (κ3) is 2.75. The van der Waals surface area contributed by atoms with Crippen LogP contribution in [-0.4, -0.2) is 13.1 Å². The molecule has 2 nitrogen and oxygen atoms in total. The van der Waals surface area contributed by atoms with E-state index in [9.17, 15) is 0 Å². The van der Waals surface area contributed by atoms with Crippen LogP contribution in [-0.2, 0) is 0 Å². The van der Waals surface area contributed by atoms with Gasteiger partial charge in [0.25, 0.3) is 0 Å². The summed E-state index contributed by atoms with van der Waals surface area (Å²) < 4.78 is 1.14. The second kappa shape index (κ2) is 5.69. The average molecular weight is 337 g/mol. The van der Waals surface area contributed by atoms with Gasteiger partial charge in [-0.1, -0.05) is 34.8 Å². The standard InChI is InChI=1S/C17H25BrN2/c1-13(19)15-5-4-14(12-16(15)18)20-10-8-17(9-11-20)6-2-3-7-17/h4-5,12-13H,2-3,6-11,19H2,1H3/t13-/m1/s1. The van der Waals surface area contributed by atoms with Crippen molar-refractivity contribution in [1.29, 1.82) is 0 Å². The number of benzene rings is 1. The molecule has 1 heterocycles. The van der Waals surface area contributed by atoms with Gasteiger partial charge in [0.05, 0.1) is 0 Å². The van der Waals surface area contributed by atoms with Crippen molar-refractivity contribution in [3.63, 3.8) is 0 Å². The number of hydrogen-bond donors (Lipinski definition) is 1. The number of hydrogen-bond acceptors (Lipinski definition) is 2. The zero-order chi connectivity index (χ0) is 14.2. The zero-order valence-corrected chi connectivity index (χ0v) is 14.0. The summed E-state index contributed by atoms with van der Waals surface area (Å²) in [5, 5.41) is 0. The zero-order valence-electron chi connectivity index (χ0n) is 12.4. The fourth-order valence-electron chi connectivity index (χ4n) is 3.95. The highest BCUT2D eigenvalue weighted by molar-refractivity contribution is 9.10. The molecule has 3 rings (SSSR count). The van der Waals surface area contributed by atoms with E-state index in [1.807, 2.05) is 6.92 Å². The Labute approximate surface area is 130 Å². The Morgan fingerprint density at radius 2 is 1.80 bits per heavy atom. The monoisotopic (exact) mass is 336 g/mol. The Morgan fingerprint density at radius 1 is 1.15 bits per heavy atom. The number of anilines is 1. The van der Waals surface area contributed by atoms with E-state index in [-0.39, 0.29) is 6.04 Å². The van der Waals surface area contributed by atoms with Gasteiger partial charge in [0.2, 0.25) is 0 Å². The molecule has 0 amide bonds. The van der Waals surface area contributed by atoms with Gasteiger partial charge in [-0.15, -0.1) is 0 Å². The predicted octanol–water partition coefficient (Wildman–Crippen LogP) is 4.63. The Balaban J connectivity index is 1.70. The van der Waals surface area contributed by atoms with Gasteiger partial charge in [0.15, 0.2) is 0 Å². The van der Waals surface area contributed by atoms with Crippen molar-refractivity contribution in [2.24, 2.45) is 11.1 Å². The summed E-state index contributed by atoms with van der Waals surface area (Å²) in [4.78, 5) is 2.54. The maximum Gasteiger partial charge on any atom is 0.0377 e. The Kier molecular flexibility index (Phi) is 4.09. The normalized spacial score (nSPS) is 23.2. The smallest absolute Gasteiger partial charge is 0.0377 e. The topological polar surface area (TPSA) is 29.3 Å². The molecule has 20 heavy (non-hydrogen) atoms. The SMILES string of the molecule is C[C@@H](N)c1ccc(N2CCC3(CCCC3)CC2)cc1Br. The van der Waals surface area contributed by atoms with Crippen LogP contribution < -0.4 is 10.6 Å². The van der Waals surface area contributed by atoms with Crippen LogP contribution in [0.4, 0.5) is 5.69 Å². The van der Waals surface area contributed by atoms with Crippen LogP contribution in [0.25, 0.3) is 0 Å². The summed E-state index contributed by atoms with van der Waals surface area (Å²) in [6.07, 6.45) is 8.59. The average Bonchev–Trinajstić information content (AvgIpc) is 2.87. The van der Waals surface area contributed by atoms with Gasteiger partial charge in [-0.2, -0.15) is 0 Å². The van der Waals surface area contributed by atoms with Crippen LogP contribution in [0, 0.1) is 5.41 Å². The quantitative estimate of drug-likeness (QED) is 0.853. The summed E-state index contributed by atoms with van der Waals surface area (Å²) in [6.45, 7) is 4.46. The van der Waals surface area contributed by atoms with Crippen molar-refractivity contribution in [2.45, 2.75) is 51.5 Å². The lowest BCUT2D eigenvalue weighted by atomic mass is 9.77. The minimum absolute atomic E-state index is 0.0848. The van der Waals surface area contributed by atoms with E-state index in [4.69, 9.17) is 5.73 Å². The van der Waals surface area contributed by atoms with Crippen molar-refractivity contribution in [1.82, 2.24) is 0 Å². The molecule has 110 valence electrons. The number of nitrogens with two attached hydrogens (primary N) is 1. The van der Waals surface area contributed by atoms with E-state index in [1.165, 1.54) is 62.9 Å². The second-order valence-electron chi connectivity index (χ2n) is 6.69. The number of piperidine rings is 1. The Bertz CT molecular complexity index is 468. The Hall–Kier alpha value is -0.540. The lowest BCUT2D eigenvalue weighted by molar-refractivity contribution is 0.226. The van der Waals surface area contributed by atoms with Gasteiger partial charge in [0.1, 0.15) is 0 Å². The highest BCUT2D eigenvalue weighted by atomic mass is 79.9. The molecule has 0 bridgehead atoms. The molecule has 1 aliphatic heterocycles. The fraction of sp³-hybridized carbons (Fsp3) is 0.647. The van der Waals surface area contributed by atoms with Gasteiger partial charge in [0, 0.05) is 29.3 Å². The van der Waals surface area contributed by atoms with Crippen LogP contribution in [0.1, 0.15) is 57.1 Å². The molecular formula is C17H25BrN2. The molecule has 1 aliphatic carbocycles. The van der Waals surface area contributed by atoms with E-state index in [0.717, 1.165) is 4.47 Å². The summed E-state index contributed by atoms with van der Waals surface area (Å²) in [5.74, 6) is 0. The van der Waals surface area contributed by atoms with Crippen LogP contribution >= 0.6 is 15.9 Å². The molecule has 1 aromatic rings. The molecule has 1 saturated heterocycles. The Morgan fingerprint density at radius 3 is 2.35 bits per heavy atom. The van der Waals surface area contributed by atoms with Gasteiger partial charge in [-0.25, -0.2) is 0 Å². The lowest BCUT2D eigenvalue weighted by Crippen LogP contribution is -2.38. The van der Waals surface area contributed by atoms with E-state index >= 15 is 0 Å². The van der Waals surface area contributed by atoms with Gasteiger partial charge < -0.3 is 10.6 Å². The fourth-order valence-corrected chi connectivity index (χ4v) is 4.67. The molecular weight excluding hydrogens is 312 g/mol. The molecule has 2 aliphatic rings. The number of rotatable bonds is 2. The van der Waals surface area contributed by atoms with Gasteiger partial charge in [-0.05, 0) is 55.7 Å². The largest absolute Gasteiger partial charge is 0.371 e. The molecule has 0 radical (unpaired) electrons.